The largest absolute Gasteiger partial charge is 0.383 e. The average molecular weight is 350 g/mol. The zero-order valence-corrected chi connectivity index (χ0v) is 14.6. The predicted molar refractivity (Wildman–Crippen MR) is 103 cm³/mol. The number of fused-ring (bicyclic) bond motifs is 1. The first kappa shape index (κ1) is 15.6. The molecule has 4 rings (SSSR count). The van der Waals surface area contributed by atoms with Gasteiger partial charge < -0.3 is 11.1 Å². The summed E-state index contributed by atoms with van der Waals surface area (Å²) in [6.07, 6.45) is 0.904. The number of hydrogen-bond donors (Lipinski definition) is 2. The average Bonchev–Trinajstić information content (AvgIpc) is 3.25. The van der Waals surface area contributed by atoms with E-state index in [9.17, 15) is 0 Å². The maximum Gasteiger partial charge on any atom is 0.225 e. The predicted octanol–water partition coefficient (Wildman–Crippen LogP) is 3.33. The van der Waals surface area contributed by atoms with E-state index in [-0.39, 0.29) is 0 Å². The van der Waals surface area contributed by atoms with Crippen molar-refractivity contribution in [2.24, 2.45) is 7.05 Å². The second kappa shape index (κ2) is 6.52. The van der Waals surface area contributed by atoms with Crippen LogP contribution in [0.4, 0.5) is 11.8 Å². The van der Waals surface area contributed by atoms with Gasteiger partial charge in [0.1, 0.15) is 5.82 Å². The van der Waals surface area contributed by atoms with Gasteiger partial charge in [0.05, 0.1) is 16.0 Å². The molecule has 0 spiro atoms. The van der Waals surface area contributed by atoms with E-state index in [1.165, 1.54) is 5.56 Å². The zero-order valence-electron chi connectivity index (χ0n) is 13.8. The van der Waals surface area contributed by atoms with Gasteiger partial charge in [-0.2, -0.15) is 10.1 Å². The maximum absolute atomic E-state index is 6.18. The Hall–Kier alpha value is -2.93. The SMILES string of the molecule is Cn1nc2nc(NCCc3ccccc3)nc(-c3cccs3)c2c1N. The number of nitrogens with zero attached hydrogens (tertiary/aromatic N) is 4. The maximum atomic E-state index is 6.18. The summed E-state index contributed by atoms with van der Waals surface area (Å²) in [7, 11) is 1.82. The first-order chi connectivity index (χ1) is 12.2. The number of nitrogen functional groups attached to an aromatic ring is 1. The van der Waals surface area contributed by atoms with Crippen molar-refractivity contribution in [1.82, 2.24) is 19.7 Å². The van der Waals surface area contributed by atoms with Gasteiger partial charge in [-0.15, -0.1) is 11.3 Å². The zero-order chi connectivity index (χ0) is 17.2. The number of nitrogens with one attached hydrogen (secondary N) is 1. The van der Waals surface area contributed by atoms with Crippen molar-refractivity contribution < 1.29 is 0 Å². The Balaban J connectivity index is 1.66. The molecule has 0 unspecified atom stereocenters. The van der Waals surface area contributed by atoms with Crippen LogP contribution in [0.25, 0.3) is 21.6 Å². The number of aryl methyl sites for hydroxylation is 1. The molecule has 0 aliphatic rings. The molecule has 4 aromatic rings. The van der Waals surface area contributed by atoms with E-state index in [0.29, 0.717) is 17.4 Å². The van der Waals surface area contributed by atoms with Crippen LogP contribution in [-0.4, -0.2) is 26.3 Å². The molecule has 126 valence electrons. The Labute approximate surface area is 149 Å². The van der Waals surface area contributed by atoms with Crippen LogP contribution in [0.15, 0.2) is 47.8 Å². The monoisotopic (exact) mass is 350 g/mol. The van der Waals surface area contributed by atoms with Gasteiger partial charge in [-0.05, 0) is 23.4 Å². The Morgan fingerprint density at radius 2 is 1.96 bits per heavy atom. The van der Waals surface area contributed by atoms with Crippen LogP contribution in [0.3, 0.4) is 0 Å². The van der Waals surface area contributed by atoms with Crippen LogP contribution in [0.1, 0.15) is 5.56 Å². The van der Waals surface area contributed by atoms with E-state index >= 15 is 0 Å². The molecular formula is C18H18N6S. The van der Waals surface area contributed by atoms with Crippen molar-refractivity contribution in [1.29, 1.82) is 0 Å². The van der Waals surface area contributed by atoms with Gasteiger partial charge >= 0.3 is 0 Å². The molecule has 3 heterocycles. The number of benzene rings is 1. The molecule has 7 heteroatoms. The summed E-state index contributed by atoms with van der Waals surface area (Å²) in [5, 5.41) is 10.6. The van der Waals surface area contributed by atoms with Crippen molar-refractivity contribution >= 4 is 34.1 Å². The quantitative estimate of drug-likeness (QED) is 0.577. The topological polar surface area (TPSA) is 81.7 Å². The van der Waals surface area contributed by atoms with Gasteiger partial charge in [0.25, 0.3) is 0 Å². The summed E-state index contributed by atoms with van der Waals surface area (Å²) in [5.74, 6) is 1.15. The standard InChI is InChI=1S/C18H18N6S/c1-24-16(19)14-15(13-8-5-11-25-13)21-18(22-17(14)23-24)20-10-9-12-6-3-2-4-7-12/h2-8,11H,9-10,19H2,1H3,(H,20,22,23). The van der Waals surface area contributed by atoms with Crippen LogP contribution in [0, 0.1) is 0 Å². The van der Waals surface area contributed by atoms with Crippen molar-refractivity contribution in [2.45, 2.75) is 6.42 Å². The fraction of sp³-hybridized carbons (Fsp3) is 0.167. The molecule has 25 heavy (non-hydrogen) atoms. The van der Waals surface area contributed by atoms with Gasteiger partial charge in [-0.3, -0.25) is 4.68 Å². The summed E-state index contributed by atoms with van der Waals surface area (Å²) < 4.78 is 1.64. The van der Waals surface area contributed by atoms with E-state index in [4.69, 9.17) is 10.7 Å². The minimum atomic E-state index is 0.574. The molecule has 1 aromatic carbocycles. The molecule has 0 saturated heterocycles. The fourth-order valence-corrected chi connectivity index (χ4v) is 3.47. The van der Waals surface area contributed by atoms with Crippen LogP contribution in [0.5, 0.6) is 0 Å². The minimum Gasteiger partial charge on any atom is -0.383 e. The molecular weight excluding hydrogens is 332 g/mol. The number of aromatic nitrogens is 4. The first-order valence-electron chi connectivity index (χ1n) is 8.04. The Morgan fingerprint density at radius 1 is 1.12 bits per heavy atom. The lowest BCUT2D eigenvalue weighted by Gasteiger charge is -2.07. The highest BCUT2D eigenvalue weighted by Crippen LogP contribution is 2.33. The van der Waals surface area contributed by atoms with Gasteiger partial charge in [0, 0.05) is 13.6 Å². The highest BCUT2D eigenvalue weighted by atomic mass is 32.1. The third kappa shape index (κ3) is 3.06. The van der Waals surface area contributed by atoms with E-state index in [1.807, 2.05) is 42.8 Å². The summed E-state index contributed by atoms with van der Waals surface area (Å²) in [6, 6.07) is 14.4. The Kier molecular flexibility index (Phi) is 4.07. The van der Waals surface area contributed by atoms with E-state index < -0.39 is 0 Å². The van der Waals surface area contributed by atoms with Gasteiger partial charge in [-0.25, -0.2) is 4.98 Å². The Bertz CT molecular complexity index is 992. The van der Waals surface area contributed by atoms with E-state index in [1.54, 1.807) is 16.0 Å². The summed E-state index contributed by atoms with van der Waals surface area (Å²) in [5.41, 5.74) is 8.89. The van der Waals surface area contributed by atoms with Crippen LogP contribution in [0.2, 0.25) is 0 Å². The highest BCUT2D eigenvalue weighted by molar-refractivity contribution is 7.13. The molecule has 0 fully saturated rings. The lowest BCUT2D eigenvalue weighted by molar-refractivity contribution is 0.787. The third-order valence-corrected chi connectivity index (χ3v) is 4.91. The second-order valence-electron chi connectivity index (χ2n) is 5.74. The van der Waals surface area contributed by atoms with Crippen LogP contribution >= 0.6 is 11.3 Å². The van der Waals surface area contributed by atoms with Gasteiger partial charge in [0.2, 0.25) is 5.95 Å². The van der Waals surface area contributed by atoms with E-state index in [0.717, 1.165) is 28.9 Å². The molecule has 3 N–H and O–H groups in total. The highest BCUT2D eigenvalue weighted by Gasteiger charge is 2.17. The number of hydrogen-bond acceptors (Lipinski definition) is 6. The number of anilines is 2. The molecule has 3 aromatic heterocycles. The van der Waals surface area contributed by atoms with Crippen LogP contribution in [-0.2, 0) is 13.5 Å². The minimum absolute atomic E-state index is 0.574. The lowest BCUT2D eigenvalue weighted by atomic mass is 10.1. The molecule has 0 aliphatic carbocycles. The normalized spacial score (nSPS) is 11.1. The van der Waals surface area contributed by atoms with Crippen molar-refractivity contribution in [2.75, 3.05) is 17.6 Å². The molecule has 0 atom stereocenters. The third-order valence-electron chi connectivity index (χ3n) is 4.03. The van der Waals surface area contributed by atoms with Crippen molar-refractivity contribution in [3.63, 3.8) is 0 Å². The number of nitrogens with two attached hydrogens (primary N) is 1. The van der Waals surface area contributed by atoms with Crippen molar-refractivity contribution in [3.8, 4) is 10.6 Å². The summed E-state index contributed by atoms with van der Waals surface area (Å²) in [6.45, 7) is 0.752. The van der Waals surface area contributed by atoms with Crippen LogP contribution < -0.4 is 11.1 Å². The first-order valence-corrected chi connectivity index (χ1v) is 8.92. The molecule has 0 radical (unpaired) electrons. The lowest BCUT2D eigenvalue weighted by Crippen LogP contribution is -2.08. The van der Waals surface area contributed by atoms with Crippen molar-refractivity contribution in [3.05, 3.63) is 53.4 Å². The molecule has 0 saturated carbocycles. The number of thiophene rings is 1. The van der Waals surface area contributed by atoms with Gasteiger partial charge in [0.15, 0.2) is 5.65 Å². The molecule has 6 nitrogen and oxygen atoms in total. The molecule has 0 aliphatic heterocycles. The second-order valence-corrected chi connectivity index (χ2v) is 6.69. The molecule has 0 amide bonds. The number of rotatable bonds is 5. The summed E-state index contributed by atoms with van der Waals surface area (Å²) >= 11 is 1.63. The fourth-order valence-electron chi connectivity index (χ4n) is 2.75. The molecule has 0 bridgehead atoms. The summed E-state index contributed by atoms with van der Waals surface area (Å²) in [4.78, 5) is 10.3. The Morgan fingerprint density at radius 3 is 2.72 bits per heavy atom. The van der Waals surface area contributed by atoms with E-state index in [2.05, 4.69) is 27.5 Å². The smallest absolute Gasteiger partial charge is 0.225 e. The van der Waals surface area contributed by atoms with Gasteiger partial charge in [-0.1, -0.05) is 36.4 Å².